The number of hydrogen-bond acceptors (Lipinski definition) is 4. The van der Waals surface area contributed by atoms with Gasteiger partial charge in [-0.3, -0.25) is 9.38 Å². The molecule has 2 N–H and O–H groups in total. The van der Waals surface area contributed by atoms with Crippen molar-refractivity contribution in [3.05, 3.63) is 28.5 Å². The molecule has 6 heteroatoms. The van der Waals surface area contributed by atoms with Crippen LogP contribution in [-0.2, 0) is 0 Å². The van der Waals surface area contributed by atoms with Gasteiger partial charge in [-0.05, 0) is 55.6 Å². The number of aliphatic hydroxyl groups is 1. The molecule has 0 radical (unpaired) electrons. The molecule has 1 saturated carbocycles. The lowest BCUT2D eigenvalue weighted by atomic mass is 9.78. The Morgan fingerprint density at radius 3 is 2.86 bits per heavy atom. The Bertz CT molecular complexity index is 646. The van der Waals surface area contributed by atoms with Crippen LogP contribution >= 0.6 is 15.9 Å². The summed E-state index contributed by atoms with van der Waals surface area (Å²) in [4.78, 5) is 9.05. The van der Waals surface area contributed by atoms with E-state index in [1.165, 1.54) is 0 Å². The van der Waals surface area contributed by atoms with Crippen molar-refractivity contribution < 1.29 is 5.11 Å². The maximum atomic E-state index is 10.5. The number of nitrogens with one attached hydrogen (secondary N) is 1. The van der Waals surface area contributed by atoms with E-state index < -0.39 is 5.60 Å². The third-order valence-corrected chi connectivity index (χ3v) is 5.06. The first-order chi connectivity index (χ1) is 10.0. The predicted molar refractivity (Wildman–Crippen MR) is 85.5 cm³/mol. The van der Waals surface area contributed by atoms with Crippen LogP contribution in [0.25, 0.3) is 5.52 Å². The van der Waals surface area contributed by atoms with Gasteiger partial charge in [0.05, 0.1) is 11.3 Å². The first-order valence-electron chi connectivity index (χ1n) is 7.40. The smallest absolute Gasteiger partial charge is 0.134 e. The molecule has 114 valence electrons. The molecule has 1 aliphatic rings. The molecule has 2 aromatic rings. The van der Waals surface area contributed by atoms with Crippen molar-refractivity contribution in [1.29, 1.82) is 0 Å². The highest BCUT2D eigenvalue weighted by Gasteiger charge is 2.34. The molecule has 0 spiro atoms. The van der Waals surface area contributed by atoms with E-state index in [0.717, 1.165) is 47.3 Å². The van der Waals surface area contributed by atoms with Crippen molar-refractivity contribution in [2.45, 2.75) is 44.1 Å². The van der Waals surface area contributed by atoms with Crippen molar-refractivity contribution in [3.8, 4) is 0 Å². The van der Waals surface area contributed by atoms with Gasteiger partial charge in [0, 0.05) is 24.9 Å². The molecule has 0 atom stereocenters. The standard InChI is InChI=1S/C15H21BrN4O/c1-10-12-13(16)19-14(20(12)8-7-18-10)11-3-5-15(21,6-4-11)9-17-2/h7-8,11,17,21H,3-6,9H2,1-2H3. The maximum absolute atomic E-state index is 10.5. The van der Waals surface area contributed by atoms with Crippen molar-refractivity contribution in [2.24, 2.45) is 0 Å². The van der Waals surface area contributed by atoms with Crippen LogP contribution in [0.4, 0.5) is 0 Å². The lowest BCUT2D eigenvalue weighted by Crippen LogP contribution is -2.42. The van der Waals surface area contributed by atoms with Crippen LogP contribution in [0.15, 0.2) is 17.0 Å². The first-order valence-corrected chi connectivity index (χ1v) is 8.19. The van der Waals surface area contributed by atoms with Gasteiger partial charge in [-0.25, -0.2) is 4.98 Å². The summed E-state index contributed by atoms with van der Waals surface area (Å²) < 4.78 is 3.00. The monoisotopic (exact) mass is 352 g/mol. The number of fused-ring (bicyclic) bond motifs is 1. The fourth-order valence-corrected chi connectivity index (χ4v) is 4.04. The Labute approximate surface area is 132 Å². The van der Waals surface area contributed by atoms with E-state index >= 15 is 0 Å². The summed E-state index contributed by atoms with van der Waals surface area (Å²) in [5, 5.41) is 13.6. The summed E-state index contributed by atoms with van der Waals surface area (Å²) in [6.07, 6.45) is 7.35. The highest BCUT2D eigenvalue weighted by Crippen LogP contribution is 2.38. The molecule has 2 aromatic heterocycles. The molecule has 21 heavy (non-hydrogen) atoms. The highest BCUT2D eigenvalue weighted by molar-refractivity contribution is 9.10. The number of aromatic nitrogens is 3. The Hall–Kier alpha value is -0.980. The van der Waals surface area contributed by atoms with Crippen molar-refractivity contribution in [1.82, 2.24) is 19.7 Å². The van der Waals surface area contributed by atoms with Gasteiger partial charge < -0.3 is 10.4 Å². The number of aryl methyl sites for hydroxylation is 1. The van der Waals surface area contributed by atoms with Crippen LogP contribution < -0.4 is 5.32 Å². The van der Waals surface area contributed by atoms with E-state index in [0.29, 0.717) is 12.5 Å². The highest BCUT2D eigenvalue weighted by atomic mass is 79.9. The minimum Gasteiger partial charge on any atom is -0.389 e. The third-order valence-electron chi connectivity index (χ3n) is 4.51. The number of likely N-dealkylation sites (N-methyl/N-ethyl adjacent to an activating group) is 1. The van der Waals surface area contributed by atoms with Crippen LogP contribution in [-0.4, -0.2) is 38.7 Å². The van der Waals surface area contributed by atoms with E-state index in [4.69, 9.17) is 4.98 Å². The fraction of sp³-hybridized carbons (Fsp3) is 0.600. The number of imidazole rings is 1. The van der Waals surface area contributed by atoms with Crippen LogP contribution in [0.2, 0.25) is 0 Å². The number of rotatable bonds is 3. The third kappa shape index (κ3) is 2.72. The maximum Gasteiger partial charge on any atom is 0.134 e. The van der Waals surface area contributed by atoms with Crippen molar-refractivity contribution in [3.63, 3.8) is 0 Å². The minimum absolute atomic E-state index is 0.391. The summed E-state index contributed by atoms with van der Waals surface area (Å²) in [5.74, 6) is 1.47. The Morgan fingerprint density at radius 1 is 1.48 bits per heavy atom. The second kappa shape index (κ2) is 5.66. The van der Waals surface area contributed by atoms with Gasteiger partial charge in [-0.15, -0.1) is 0 Å². The molecule has 1 aliphatic carbocycles. The normalized spacial score (nSPS) is 26.4. The largest absolute Gasteiger partial charge is 0.389 e. The SMILES string of the molecule is CNCC1(O)CCC(c2nc(Br)c3c(C)nccn23)CC1. The quantitative estimate of drug-likeness (QED) is 0.890. The molecule has 0 aromatic carbocycles. The van der Waals surface area contributed by atoms with Crippen LogP contribution in [0.5, 0.6) is 0 Å². The molecule has 0 bridgehead atoms. The molecule has 2 heterocycles. The molecule has 3 rings (SSSR count). The summed E-state index contributed by atoms with van der Waals surface area (Å²) in [6.45, 7) is 2.66. The molecular formula is C15H21BrN4O. The van der Waals surface area contributed by atoms with E-state index in [1.54, 1.807) is 0 Å². The Morgan fingerprint density at radius 2 is 2.19 bits per heavy atom. The van der Waals surface area contributed by atoms with Crippen LogP contribution in [0.3, 0.4) is 0 Å². The summed E-state index contributed by atoms with van der Waals surface area (Å²) in [7, 11) is 1.89. The topological polar surface area (TPSA) is 62.5 Å². The predicted octanol–water partition coefficient (Wildman–Crippen LogP) is 2.41. The van der Waals surface area contributed by atoms with Gasteiger partial charge >= 0.3 is 0 Å². The van der Waals surface area contributed by atoms with E-state index in [2.05, 4.69) is 30.6 Å². The summed E-state index contributed by atoms with van der Waals surface area (Å²) in [6, 6.07) is 0. The molecule has 1 fully saturated rings. The summed E-state index contributed by atoms with van der Waals surface area (Å²) >= 11 is 3.55. The lowest BCUT2D eigenvalue weighted by Gasteiger charge is -2.35. The van der Waals surface area contributed by atoms with Crippen molar-refractivity contribution >= 4 is 21.4 Å². The first kappa shape index (κ1) is 14.9. The van der Waals surface area contributed by atoms with Gasteiger partial charge in [0.1, 0.15) is 15.9 Å². The molecule has 5 nitrogen and oxygen atoms in total. The van der Waals surface area contributed by atoms with Crippen LogP contribution in [0.1, 0.15) is 43.1 Å². The Balaban J connectivity index is 1.88. The zero-order valence-corrected chi connectivity index (χ0v) is 14.0. The average Bonchev–Trinajstić information content (AvgIpc) is 2.78. The van der Waals surface area contributed by atoms with Gasteiger partial charge in [0.2, 0.25) is 0 Å². The lowest BCUT2D eigenvalue weighted by molar-refractivity contribution is 0.000949. The van der Waals surface area contributed by atoms with E-state index in [-0.39, 0.29) is 0 Å². The fourth-order valence-electron chi connectivity index (χ4n) is 3.38. The molecule has 0 amide bonds. The molecule has 0 aliphatic heterocycles. The van der Waals surface area contributed by atoms with Gasteiger partial charge in [-0.2, -0.15) is 0 Å². The number of halogens is 1. The second-order valence-electron chi connectivity index (χ2n) is 6.02. The molecule has 0 saturated heterocycles. The van der Waals surface area contributed by atoms with E-state index in [1.807, 2.05) is 26.4 Å². The van der Waals surface area contributed by atoms with Gasteiger partial charge in [-0.1, -0.05) is 0 Å². The van der Waals surface area contributed by atoms with E-state index in [9.17, 15) is 5.11 Å². The van der Waals surface area contributed by atoms with Crippen molar-refractivity contribution in [2.75, 3.05) is 13.6 Å². The number of nitrogens with zero attached hydrogens (tertiary/aromatic N) is 3. The Kier molecular flexibility index (Phi) is 4.03. The van der Waals surface area contributed by atoms with Crippen LogP contribution in [0, 0.1) is 6.92 Å². The minimum atomic E-state index is -0.562. The average molecular weight is 353 g/mol. The zero-order valence-electron chi connectivity index (χ0n) is 12.4. The number of hydrogen-bond donors (Lipinski definition) is 2. The van der Waals surface area contributed by atoms with Gasteiger partial charge in [0.15, 0.2) is 0 Å². The summed E-state index contributed by atoms with van der Waals surface area (Å²) in [5.41, 5.74) is 1.46. The van der Waals surface area contributed by atoms with Gasteiger partial charge in [0.25, 0.3) is 0 Å². The molecular weight excluding hydrogens is 332 g/mol. The second-order valence-corrected chi connectivity index (χ2v) is 6.77. The molecule has 0 unspecified atom stereocenters. The zero-order chi connectivity index (χ0) is 15.0.